The number of carbonyl (C=O) groups is 1. The van der Waals surface area contributed by atoms with E-state index >= 15 is 0 Å². The second-order valence-electron chi connectivity index (χ2n) is 2.33. The van der Waals surface area contributed by atoms with Gasteiger partial charge in [-0.3, -0.25) is 0 Å². The lowest BCUT2D eigenvalue weighted by Crippen LogP contribution is -2.22. The van der Waals surface area contributed by atoms with Crippen LogP contribution in [0.15, 0.2) is 0 Å². The van der Waals surface area contributed by atoms with E-state index in [2.05, 4.69) is 0 Å². The standard InChI is InChI=1S/C5H8O3/c1-3-2-5(3,8)4(6)7/h3,8H,2H2,1H3,(H,6,7)/t3-,5-/m1/s1. The number of aliphatic hydroxyl groups is 1. The lowest BCUT2D eigenvalue weighted by Gasteiger charge is -1.97. The summed E-state index contributed by atoms with van der Waals surface area (Å²) in [5.41, 5.74) is -1.38. The van der Waals surface area contributed by atoms with Crippen molar-refractivity contribution >= 4 is 5.97 Å². The van der Waals surface area contributed by atoms with Crippen LogP contribution in [0.2, 0.25) is 0 Å². The Kier molecular flexibility index (Phi) is 0.854. The van der Waals surface area contributed by atoms with Crippen molar-refractivity contribution < 1.29 is 15.0 Å². The molecular weight excluding hydrogens is 108 g/mol. The highest BCUT2D eigenvalue weighted by Gasteiger charge is 2.56. The first-order valence-corrected chi connectivity index (χ1v) is 2.53. The van der Waals surface area contributed by atoms with Crippen LogP contribution in [0.5, 0.6) is 0 Å². The van der Waals surface area contributed by atoms with Crippen LogP contribution < -0.4 is 0 Å². The molecule has 3 nitrogen and oxygen atoms in total. The summed E-state index contributed by atoms with van der Waals surface area (Å²) in [6, 6.07) is 0. The molecule has 0 radical (unpaired) electrons. The molecule has 0 aromatic rings. The van der Waals surface area contributed by atoms with Crippen LogP contribution in [-0.2, 0) is 4.79 Å². The maximum Gasteiger partial charge on any atom is 0.335 e. The molecule has 8 heavy (non-hydrogen) atoms. The summed E-state index contributed by atoms with van der Waals surface area (Å²) in [7, 11) is 0. The Bertz CT molecular complexity index is 132. The lowest BCUT2D eigenvalue weighted by atomic mass is 10.3. The molecule has 0 aromatic heterocycles. The van der Waals surface area contributed by atoms with E-state index in [4.69, 9.17) is 10.2 Å². The summed E-state index contributed by atoms with van der Waals surface area (Å²) in [6.45, 7) is 1.72. The van der Waals surface area contributed by atoms with Crippen molar-refractivity contribution in [3.05, 3.63) is 0 Å². The van der Waals surface area contributed by atoms with Gasteiger partial charge in [0.15, 0.2) is 5.60 Å². The first-order chi connectivity index (χ1) is 3.57. The van der Waals surface area contributed by atoms with Crippen LogP contribution in [-0.4, -0.2) is 21.8 Å². The Hall–Kier alpha value is -0.570. The van der Waals surface area contributed by atoms with Crippen LogP contribution in [0, 0.1) is 5.92 Å². The van der Waals surface area contributed by atoms with Gasteiger partial charge in [-0.15, -0.1) is 0 Å². The predicted octanol–water partition coefficient (Wildman–Crippen LogP) is -0.158. The van der Waals surface area contributed by atoms with Crippen LogP contribution in [0.3, 0.4) is 0 Å². The van der Waals surface area contributed by atoms with Crippen molar-refractivity contribution in [3.63, 3.8) is 0 Å². The van der Waals surface area contributed by atoms with E-state index in [0.717, 1.165) is 0 Å². The Morgan fingerprint density at radius 1 is 1.88 bits per heavy atom. The fourth-order valence-electron chi connectivity index (χ4n) is 0.706. The molecule has 0 saturated heterocycles. The summed E-state index contributed by atoms with van der Waals surface area (Å²) in [4.78, 5) is 10.0. The van der Waals surface area contributed by atoms with Crippen LogP contribution in [0.4, 0.5) is 0 Å². The molecule has 0 amide bonds. The van der Waals surface area contributed by atoms with E-state index in [9.17, 15) is 4.79 Å². The van der Waals surface area contributed by atoms with E-state index in [0.29, 0.717) is 6.42 Å². The van der Waals surface area contributed by atoms with E-state index in [1.165, 1.54) is 0 Å². The van der Waals surface area contributed by atoms with E-state index in [-0.39, 0.29) is 5.92 Å². The summed E-state index contributed by atoms with van der Waals surface area (Å²) >= 11 is 0. The Balaban J connectivity index is 2.60. The maximum atomic E-state index is 10.0. The molecule has 0 heterocycles. The molecule has 0 bridgehead atoms. The molecule has 0 unspecified atom stereocenters. The summed E-state index contributed by atoms with van der Waals surface area (Å²) < 4.78 is 0. The minimum Gasteiger partial charge on any atom is -0.479 e. The molecule has 2 atom stereocenters. The first kappa shape index (κ1) is 5.56. The topological polar surface area (TPSA) is 57.5 Å². The molecule has 0 aliphatic heterocycles. The van der Waals surface area contributed by atoms with Gasteiger partial charge >= 0.3 is 5.97 Å². The Morgan fingerprint density at radius 2 is 2.25 bits per heavy atom. The second kappa shape index (κ2) is 1.23. The highest BCUT2D eigenvalue weighted by molar-refractivity contribution is 5.81. The number of carboxylic acid groups (broad SMARTS) is 1. The summed E-state index contributed by atoms with van der Waals surface area (Å²) in [5, 5.41) is 17.1. The Labute approximate surface area is 46.9 Å². The monoisotopic (exact) mass is 116 g/mol. The van der Waals surface area contributed by atoms with Gasteiger partial charge in [0.25, 0.3) is 0 Å². The van der Waals surface area contributed by atoms with Gasteiger partial charge in [0.2, 0.25) is 0 Å². The zero-order valence-electron chi connectivity index (χ0n) is 4.59. The predicted molar refractivity (Wildman–Crippen MR) is 26.4 cm³/mol. The average Bonchev–Trinajstić information content (AvgIpc) is 2.17. The molecule has 1 aliphatic rings. The quantitative estimate of drug-likeness (QED) is 0.500. The SMILES string of the molecule is C[C@@H]1C[C@]1(O)C(=O)O. The van der Waals surface area contributed by atoms with E-state index in [1.807, 2.05) is 0 Å². The number of carboxylic acids is 1. The third kappa shape index (κ3) is 0.512. The van der Waals surface area contributed by atoms with Crippen molar-refractivity contribution in [2.24, 2.45) is 5.92 Å². The van der Waals surface area contributed by atoms with Crippen LogP contribution in [0.1, 0.15) is 13.3 Å². The number of aliphatic carboxylic acids is 1. The smallest absolute Gasteiger partial charge is 0.335 e. The first-order valence-electron chi connectivity index (χ1n) is 2.53. The lowest BCUT2D eigenvalue weighted by molar-refractivity contribution is -0.149. The molecule has 0 aromatic carbocycles. The Morgan fingerprint density at radius 3 is 2.25 bits per heavy atom. The highest BCUT2D eigenvalue weighted by atomic mass is 16.4. The summed E-state index contributed by atoms with van der Waals surface area (Å²) in [6.07, 6.45) is 0.405. The van der Waals surface area contributed by atoms with Gasteiger partial charge in [0, 0.05) is 0 Å². The fraction of sp³-hybridized carbons (Fsp3) is 0.800. The molecule has 1 rings (SSSR count). The van der Waals surface area contributed by atoms with Crippen molar-refractivity contribution in [2.45, 2.75) is 18.9 Å². The second-order valence-corrected chi connectivity index (χ2v) is 2.33. The molecule has 46 valence electrons. The van der Waals surface area contributed by atoms with E-state index < -0.39 is 11.6 Å². The average molecular weight is 116 g/mol. The van der Waals surface area contributed by atoms with Crippen molar-refractivity contribution in [3.8, 4) is 0 Å². The van der Waals surface area contributed by atoms with Gasteiger partial charge in [-0.2, -0.15) is 0 Å². The van der Waals surface area contributed by atoms with Gasteiger partial charge in [0.05, 0.1) is 0 Å². The van der Waals surface area contributed by atoms with Gasteiger partial charge < -0.3 is 10.2 Å². The zero-order chi connectivity index (χ0) is 6.36. The largest absolute Gasteiger partial charge is 0.479 e. The molecule has 1 aliphatic carbocycles. The van der Waals surface area contributed by atoms with E-state index in [1.54, 1.807) is 6.92 Å². The third-order valence-corrected chi connectivity index (χ3v) is 1.64. The highest BCUT2D eigenvalue weighted by Crippen LogP contribution is 2.42. The number of hydrogen-bond acceptors (Lipinski definition) is 2. The molecule has 3 heteroatoms. The molecule has 1 fully saturated rings. The third-order valence-electron chi connectivity index (χ3n) is 1.64. The van der Waals surface area contributed by atoms with Gasteiger partial charge in [0.1, 0.15) is 0 Å². The van der Waals surface area contributed by atoms with Crippen molar-refractivity contribution in [2.75, 3.05) is 0 Å². The van der Waals surface area contributed by atoms with Crippen molar-refractivity contribution in [1.29, 1.82) is 0 Å². The number of hydrogen-bond donors (Lipinski definition) is 2. The minimum absolute atomic E-state index is 0.0556. The molecule has 2 N–H and O–H groups in total. The maximum absolute atomic E-state index is 10.0. The molecular formula is C5H8O3. The minimum atomic E-state index is -1.38. The van der Waals surface area contributed by atoms with Gasteiger partial charge in [-0.25, -0.2) is 4.79 Å². The van der Waals surface area contributed by atoms with Crippen LogP contribution in [0.25, 0.3) is 0 Å². The van der Waals surface area contributed by atoms with Gasteiger partial charge in [-0.1, -0.05) is 6.92 Å². The normalized spacial score (nSPS) is 44.0. The summed E-state index contributed by atoms with van der Waals surface area (Å²) in [5.74, 6) is -1.15. The molecule has 0 spiro atoms. The van der Waals surface area contributed by atoms with Crippen LogP contribution >= 0.6 is 0 Å². The fourth-order valence-corrected chi connectivity index (χ4v) is 0.706. The van der Waals surface area contributed by atoms with Crippen molar-refractivity contribution in [1.82, 2.24) is 0 Å². The molecule has 1 saturated carbocycles. The zero-order valence-corrected chi connectivity index (χ0v) is 4.59. The van der Waals surface area contributed by atoms with Gasteiger partial charge in [-0.05, 0) is 12.3 Å². The number of rotatable bonds is 1.